The molecule has 0 atom stereocenters. The van der Waals surface area contributed by atoms with Gasteiger partial charge in [-0.15, -0.1) is 0 Å². The second-order valence-electron chi connectivity index (χ2n) is 7.01. The van der Waals surface area contributed by atoms with Gasteiger partial charge in [-0.25, -0.2) is 13.2 Å². The van der Waals surface area contributed by atoms with Gasteiger partial charge in [-0.1, -0.05) is 35.9 Å². The van der Waals surface area contributed by atoms with Crippen molar-refractivity contribution in [2.75, 3.05) is 15.4 Å². The highest BCUT2D eigenvalue weighted by atomic mass is 35.5. The highest BCUT2D eigenvalue weighted by Crippen LogP contribution is 2.24. The van der Waals surface area contributed by atoms with Crippen molar-refractivity contribution in [1.82, 2.24) is 0 Å². The molecule has 0 heterocycles. The molecule has 0 aliphatic heterocycles. The first-order valence-corrected chi connectivity index (χ1v) is 11.3. The summed E-state index contributed by atoms with van der Waals surface area (Å²) in [4.78, 5) is 23.3. The maximum absolute atomic E-state index is 12.9. The largest absolute Gasteiger partial charge is 0.351 e. The van der Waals surface area contributed by atoms with Crippen LogP contribution < -0.4 is 21.1 Å². The number of nitrogens with two attached hydrogens (primary N) is 1. The van der Waals surface area contributed by atoms with Gasteiger partial charge < -0.3 is 16.4 Å². The number of carbonyl (C=O) groups excluding carboxylic acids is 2. The first kappa shape index (κ1) is 23.1. The highest BCUT2D eigenvalue weighted by Gasteiger charge is 2.18. The van der Waals surface area contributed by atoms with Gasteiger partial charge in [0, 0.05) is 16.4 Å². The van der Waals surface area contributed by atoms with Gasteiger partial charge in [0.15, 0.2) is 0 Å². The molecule has 5 N–H and O–H groups in total. The van der Waals surface area contributed by atoms with Crippen molar-refractivity contribution >= 4 is 50.6 Å². The summed E-state index contributed by atoms with van der Waals surface area (Å²) >= 11 is 5.92. The van der Waals surface area contributed by atoms with E-state index in [0.717, 1.165) is 0 Å². The average molecular weight is 473 g/mol. The number of primary amides is 1. The molecule has 3 aromatic carbocycles. The van der Waals surface area contributed by atoms with Crippen molar-refractivity contribution in [3.05, 3.63) is 82.9 Å². The SMILES string of the molecule is Cc1ccc(NC(=O)Cc2ccc(NC(N)=O)cc2)cc1S(=O)(=O)Nc1cccc(Cl)c1. The fourth-order valence-electron chi connectivity index (χ4n) is 2.97. The number of nitrogens with one attached hydrogen (secondary N) is 3. The van der Waals surface area contributed by atoms with Crippen molar-refractivity contribution in [1.29, 1.82) is 0 Å². The highest BCUT2D eigenvalue weighted by molar-refractivity contribution is 7.92. The van der Waals surface area contributed by atoms with E-state index in [1.54, 1.807) is 61.5 Å². The summed E-state index contributed by atoms with van der Waals surface area (Å²) in [6, 6.07) is 17.0. The van der Waals surface area contributed by atoms with E-state index in [4.69, 9.17) is 17.3 Å². The van der Waals surface area contributed by atoms with Crippen molar-refractivity contribution in [2.45, 2.75) is 18.2 Å². The molecule has 0 aliphatic carbocycles. The Hall–Kier alpha value is -3.56. The van der Waals surface area contributed by atoms with Crippen LogP contribution in [0.1, 0.15) is 11.1 Å². The molecule has 10 heteroatoms. The summed E-state index contributed by atoms with van der Waals surface area (Å²) < 4.78 is 28.2. The van der Waals surface area contributed by atoms with Crippen LogP contribution in [0.25, 0.3) is 0 Å². The number of rotatable bonds is 7. The van der Waals surface area contributed by atoms with Gasteiger partial charge in [-0.05, 0) is 60.5 Å². The second kappa shape index (κ2) is 9.71. The van der Waals surface area contributed by atoms with Crippen LogP contribution in [0.2, 0.25) is 5.02 Å². The summed E-state index contributed by atoms with van der Waals surface area (Å²) in [5.41, 5.74) is 7.49. The average Bonchev–Trinajstić information content (AvgIpc) is 2.70. The lowest BCUT2D eigenvalue weighted by molar-refractivity contribution is -0.115. The van der Waals surface area contributed by atoms with E-state index in [-0.39, 0.29) is 17.2 Å². The van der Waals surface area contributed by atoms with Gasteiger partial charge in [-0.3, -0.25) is 9.52 Å². The monoisotopic (exact) mass is 472 g/mol. The number of benzene rings is 3. The topological polar surface area (TPSA) is 130 Å². The zero-order valence-corrected chi connectivity index (χ0v) is 18.6. The molecule has 0 bridgehead atoms. The summed E-state index contributed by atoms with van der Waals surface area (Å²) in [6.07, 6.45) is 0.0631. The van der Waals surface area contributed by atoms with Crippen molar-refractivity contribution in [3.8, 4) is 0 Å². The molecule has 0 unspecified atom stereocenters. The third kappa shape index (κ3) is 6.22. The van der Waals surface area contributed by atoms with Crippen molar-refractivity contribution < 1.29 is 18.0 Å². The van der Waals surface area contributed by atoms with Crippen LogP contribution >= 0.6 is 11.6 Å². The van der Waals surface area contributed by atoms with Gasteiger partial charge in [0.2, 0.25) is 5.91 Å². The van der Waals surface area contributed by atoms with E-state index in [9.17, 15) is 18.0 Å². The van der Waals surface area contributed by atoms with Crippen molar-refractivity contribution in [3.63, 3.8) is 0 Å². The van der Waals surface area contributed by atoms with E-state index >= 15 is 0 Å². The lowest BCUT2D eigenvalue weighted by atomic mass is 10.1. The standard InChI is InChI=1S/C22H21ClN4O4S/c1-14-5-8-18(13-20(14)32(30,31)27-19-4-2-3-16(23)12-19)25-21(28)11-15-6-9-17(10-7-15)26-22(24)29/h2-10,12-13,27H,11H2,1H3,(H,25,28)(H3,24,26,29). The van der Waals surface area contributed by atoms with Gasteiger partial charge in [0.1, 0.15) is 0 Å². The molecule has 0 fully saturated rings. The molecule has 3 amide bonds. The first-order valence-electron chi connectivity index (χ1n) is 9.47. The summed E-state index contributed by atoms with van der Waals surface area (Å²) in [7, 11) is -3.90. The Morgan fingerprint density at radius 2 is 1.59 bits per heavy atom. The quantitative estimate of drug-likeness (QED) is 0.412. The normalized spacial score (nSPS) is 10.9. The number of halogens is 1. The van der Waals surface area contributed by atoms with Crippen LogP contribution in [0.4, 0.5) is 21.9 Å². The van der Waals surface area contributed by atoms with Crippen LogP contribution in [0.5, 0.6) is 0 Å². The Labute approximate surface area is 190 Å². The minimum atomic E-state index is -3.90. The number of carbonyl (C=O) groups is 2. The Balaban J connectivity index is 1.72. The maximum atomic E-state index is 12.9. The van der Waals surface area contributed by atoms with Crippen LogP contribution in [-0.4, -0.2) is 20.4 Å². The van der Waals surface area contributed by atoms with Crippen LogP contribution in [0, 0.1) is 6.92 Å². The smallest absolute Gasteiger partial charge is 0.316 e. The van der Waals surface area contributed by atoms with E-state index in [1.165, 1.54) is 12.1 Å². The Bertz CT molecular complexity index is 1260. The molecule has 0 spiro atoms. The Morgan fingerprint density at radius 3 is 2.25 bits per heavy atom. The van der Waals surface area contributed by atoms with E-state index < -0.39 is 16.1 Å². The fraction of sp³-hybridized carbons (Fsp3) is 0.0909. The first-order chi connectivity index (χ1) is 15.1. The van der Waals surface area contributed by atoms with Crippen molar-refractivity contribution in [2.24, 2.45) is 5.73 Å². The molecule has 0 radical (unpaired) electrons. The zero-order chi connectivity index (χ0) is 23.3. The molecule has 0 aromatic heterocycles. The molecule has 166 valence electrons. The number of amides is 3. The zero-order valence-electron chi connectivity index (χ0n) is 17.1. The second-order valence-corrected chi connectivity index (χ2v) is 9.09. The molecular formula is C22H21ClN4O4S. The van der Waals surface area contributed by atoms with Gasteiger partial charge in [0.25, 0.3) is 10.0 Å². The Kier molecular flexibility index (Phi) is 7.01. The maximum Gasteiger partial charge on any atom is 0.316 e. The minimum absolute atomic E-state index is 0.0390. The fourth-order valence-corrected chi connectivity index (χ4v) is 4.48. The molecule has 8 nitrogen and oxygen atoms in total. The number of hydrogen-bond donors (Lipinski definition) is 4. The van der Waals surface area contributed by atoms with E-state index in [1.807, 2.05) is 0 Å². The van der Waals surface area contributed by atoms with Gasteiger partial charge >= 0.3 is 6.03 Å². The van der Waals surface area contributed by atoms with Crippen LogP contribution in [0.15, 0.2) is 71.6 Å². The van der Waals surface area contributed by atoms with E-state index in [2.05, 4.69) is 15.4 Å². The molecule has 0 aliphatic rings. The number of hydrogen-bond acceptors (Lipinski definition) is 4. The number of sulfonamides is 1. The predicted octanol–water partition coefficient (Wildman–Crippen LogP) is 4.12. The number of anilines is 3. The molecule has 3 aromatic rings. The summed E-state index contributed by atoms with van der Waals surface area (Å²) in [5, 5.41) is 5.55. The molecule has 32 heavy (non-hydrogen) atoms. The van der Waals surface area contributed by atoms with Crippen LogP contribution in [0.3, 0.4) is 0 Å². The number of urea groups is 1. The lowest BCUT2D eigenvalue weighted by Crippen LogP contribution is -2.19. The molecule has 0 saturated heterocycles. The Morgan fingerprint density at radius 1 is 0.906 bits per heavy atom. The molecule has 3 rings (SSSR count). The van der Waals surface area contributed by atoms with Gasteiger partial charge in [-0.2, -0.15) is 0 Å². The van der Waals surface area contributed by atoms with Crippen LogP contribution in [-0.2, 0) is 21.2 Å². The molecule has 0 saturated carbocycles. The lowest BCUT2D eigenvalue weighted by Gasteiger charge is -2.13. The van der Waals surface area contributed by atoms with E-state index in [0.29, 0.717) is 33.2 Å². The third-order valence-corrected chi connectivity index (χ3v) is 6.18. The third-order valence-electron chi connectivity index (χ3n) is 4.42. The summed E-state index contributed by atoms with van der Waals surface area (Å²) in [5.74, 6) is -0.324. The predicted molar refractivity (Wildman–Crippen MR) is 125 cm³/mol. The molecular weight excluding hydrogens is 452 g/mol. The van der Waals surface area contributed by atoms with Gasteiger partial charge in [0.05, 0.1) is 17.0 Å². The minimum Gasteiger partial charge on any atom is -0.351 e. The number of aryl methyl sites for hydroxylation is 1. The summed E-state index contributed by atoms with van der Waals surface area (Å²) in [6.45, 7) is 1.67.